The highest BCUT2D eigenvalue weighted by molar-refractivity contribution is 6.39. The largest absolute Gasteiger partial charge is 0.342 e. The Hall–Kier alpha value is -1.26. The number of para-hydroxylation sites is 1. The molecule has 0 atom stereocenters. The molecule has 1 aromatic carbocycles. The quantitative estimate of drug-likeness (QED) is 0.873. The van der Waals surface area contributed by atoms with Gasteiger partial charge in [0, 0.05) is 13.1 Å². The van der Waals surface area contributed by atoms with E-state index in [0.29, 0.717) is 15.7 Å². The Labute approximate surface area is 121 Å². The molecule has 1 aliphatic heterocycles. The monoisotopic (exact) mass is 300 g/mol. The van der Waals surface area contributed by atoms with Crippen molar-refractivity contribution < 1.29 is 9.59 Å². The van der Waals surface area contributed by atoms with Gasteiger partial charge in [-0.1, -0.05) is 29.3 Å². The van der Waals surface area contributed by atoms with Gasteiger partial charge in [0.2, 0.25) is 11.8 Å². The zero-order chi connectivity index (χ0) is 13.8. The minimum atomic E-state index is -0.396. The second-order valence-electron chi connectivity index (χ2n) is 4.41. The van der Waals surface area contributed by atoms with Crippen LogP contribution in [0.3, 0.4) is 0 Å². The molecule has 0 aliphatic carbocycles. The average molecular weight is 301 g/mol. The van der Waals surface area contributed by atoms with E-state index in [1.165, 1.54) is 0 Å². The highest BCUT2D eigenvalue weighted by atomic mass is 35.5. The predicted molar refractivity (Wildman–Crippen MR) is 75.5 cm³/mol. The highest BCUT2D eigenvalue weighted by Gasteiger charge is 2.21. The van der Waals surface area contributed by atoms with Gasteiger partial charge in [-0.25, -0.2) is 0 Å². The van der Waals surface area contributed by atoms with Crippen LogP contribution in [0.15, 0.2) is 18.2 Å². The fourth-order valence-corrected chi connectivity index (χ4v) is 2.51. The van der Waals surface area contributed by atoms with Crippen LogP contribution < -0.4 is 5.32 Å². The number of likely N-dealkylation sites (tertiary alicyclic amines) is 1. The van der Waals surface area contributed by atoms with Crippen molar-refractivity contribution in [3.8, 4) is 0 Å². The minimum absolute atomic E-state index is 0.154. The summed E-state index contributed by atoms with van der Waals surface area (Å²) >= 11 is 11.9. The molecule has 2 rings (SSSR count). The summed E-state index contributed by atoms with van der Waals surface area (Å²) in [5.74, 6) is -0.551. The molecular weight excluding hydrogens is 287 g/mol. The van der Waals surface area contributed by atoms with Crippen molar-refractivity contribution in [2.45, 2.75) is 19.3 Å². The Morgan fingerprint density at radius 3 is 2.32 bits per heavy atom. The summed E-state index contributed by atoms with van der Waals surface area (Å²) < 4.78 is 0. The van der Waals surface area contributed by atoms with E-state index in [1.807, 2.05) is 0 Å². The Morgan fingerprint density at radius 1 is 1.16 bits per heavy atom. The van der Waals surface area contributed by atoms with Gasteiger partial charge in [0.05, 0.1) is 15.7 Å². The van der Waals surface area contributed by atoms with Crippen molar-refractivity contribution in [2.75, 3.05) is 18.4 Å². The van der Waals surface area contributed by atoms with Gasteiger partial charge >= 0.3 is 0 Å². The lowest BCUT2D eigenvalue weighted by Crippen LogP contribution is -2.31. The standard InChI is InChI=1S/C13H14Cl2N2O2/c14-9-4-3-5-10(15)13(9)16-11(18)8-12(19)17-6-1-2-7-17/h3-5H,1-2,6-8H2,(H,16,18). The molecule has 0 unspecified atom stereocenters. The third-order valence-corrected chi connectivity index (χ3v) is 3.63. The number of carbonyl (C=O) groups excluding carboxylic acids is 2. The summed E-state index contributed by atoms with van der Waals surface area (Å²) in [7, 11) is 0. The maximum atomic E-state index is 11.8. The van der Waals surface area contributed by atoms with Gasteiger partial charge in [-0.3, -0.25) is 9.59 Å². The summed E-state index contributed by atoms with van der Waals surface area (Å²) in [5, 5.41) is 3.29. The first kappa shape index (κ1) is 14.2. The van der Waals surface area contributed by atoms with Crippen LogP contribution >= 0.6 is 23.2 Å². The van der Waals surface area contributed by atoms with E-state index in [2.05, 4.69) is 5.32 Å². The van der Waals surface area contributed by atoms with E-state index in [-0.39, 0.29) is 12.3 Å². The molecular formula is C13H14Cl2N2O2. The van der Waals surface area contributed by atoms with Crippen LogP contribution in [0.5, 0.6) is 0 Å². The van der Waals surface area contributed by atoms with Crippen molar-refractivity contribution in [1.29, 1.82) is 0 Å². The van der Waals surface area contributed by atoms with Gasteiger partial charge in [0.25, 0.3) is 0 Å². The minimum Gasteiger partial charge on any atom is -0.342 e. The molecule has 1 fully saturated rings. The number of rotatable bonds is 3. The van der Waals surface area contributed by atoms with E-state index in [1.54, 1.807) is 23.1 Å². The molecule has 19 heavy (non-hydrogen) atoms. The van der Waals surface area contributed by atoms with Gasteiger partial charge in [0.15, 0.2) is 0 Å². The zero-order valence-corrected chi connectivity index (χ0v) is 11.8. The molecule has 1 N–H and O–H groups in total. The fraction of sp³-hybridized carbons (Fsp3) is 0.385. The Kier molecular flexibility index (Phi) is 4.66. The second kappa shape index (κ2) is 6.26. The molecule has 6 heteroatoms. The van der Waals surface area contributed by atoms with Gasteiger partial charge in [0.1, 0.15) is 6.42 Å². The lowest BCUT2D eigenvalue weighted by molar-refractivity contribution is -0.133. The molecule has 2 amide bonds. The van der Waals surface area contributed by atoms with Crippen LogP contribution in [0.1, 0.15) is 19.3 Å². The van der Waals surface area contributed by atoms with Crippen molar-refractivity contribution >= 4 is 40.7 Å². The topological polar surface area (TPSA) is 49.4 Å². The normalized spacial score (nSPS) is 14.5. The van der Waals surface area contributed by atoms with E-state index < -0.39 is 5.91 Å². The number of carbonyl (C=O) groups is 2. The lowest BCUT2D eigenvalue weighted by atomic mass is 10.3. The molecule has 0 aromatic heterocycles. The molecule has 0 spiro atoms. The Morgan fingerprint density at radius 2 is 1.74 bits per heavy atom. The second-order valence-corrected chi connectivity index (χ2v) is 5.22. The van der Waals surface area contributed by atoms with E-state index >= 15 is 0 Å². The van der Waals surface area contributed by atoms with Crippen LogP contribution in [0, 0.1) is 0 Å². The predicted octanol–water partition coefficient (Wildman–Crippen LogP) is 2.94. The molecule has 0 saturated carbocycles. The number of benzene rings is 1. The zero-order valence-electron chi connectivity index (χ0n) is 10.3. The van der Waals surface area contributed by atoms with Gasteiger partial charge in [-0.2, -0.15) is 0 Å². The smallest absolute Gasteiger partial charge is 0.233 e. The molecule has 4 nitrogen and oxygen atoms in total. The first-order valence-corrected chi connectivity index (χ1v) is 6.85. The third-order valence-electron chi connectivity index (χ3n) is 3.00. The van der Waals surface area contributed by atoms with Crippen LogP contribution in [-0.2, 0) is 9.59 Å². The SMILES string of the molecule is O=C(CC(=O)N1CCCC1)Nc1c(Cl)cccc1Cl. The number of hydrogen-bond donors (Lipinski definition) is 1. The third kappa shape index (κ3) is 3.61. The van der Waals surface area contributed by atoms with Crippen LogP contribution in [0.4, 0.5) is 5.69 Å². The molecule has 1 aromatic rings. The van der Waals surface area contributed by atoms with Gasteiger partial charge in [-0.05, 0) is 25.0 Å². The van der Waals surface area contributed by atoms with E-state index in [4.69, 9.17) is 23.2 Å². The number of nitrogens with zero attached hydrogens (tertiary/aromatic N) is 1. The van der Waals surface area contributed by atoms with Crippen molar-refractivity contribution in [3.05, 3.63) is 28.2 Å². The van der Waals surface area contributed by atoms with Gasteiger partial charge < -0.3 is 10.2 Å². The Balaban J connectivity index is 1.95. The van der Waals surface area contributed by atoms with E-state index in [9.17, 15) is 9.59 Å². The maximum absolute atomic E-state index is 11.8. The van der Waals surface area contributed by atoms with Crippen molar-refractivity contribution in [1.82, 2.24) is 4.90 Å². The highest BCUT2D eigenvalue weighted by Crippen LogP contribution is 2.29. The molecule has 1 aliphatic rings. The number of hydrogen-bond acceptors (Lipinski definition) is 2. The van der Waals surface area contributed by atoms with E-state index in [0.717, 1.165) is 25.9 Å². The maximum Gasteiger partial charge on any atom is 0.233 e. The number of halogens is 2. The summed E-state index contributed by atoms with van der Waals surface area (Å²) in [5.41, 5.74) is 0.352. The summed E-state index contributed by atoms with van der Waals surface area (Å²) in [4.78, 5) is 25.3. The average Bonchev–Trinajstić information content (AvgIpc) is 2.88. The molecule has 1 heterocycles. The summed E-state index contributed by atoms with van der Waals surface area (Å²) in [6, 6.07) is 4.95. The molecule has 0 radical (unpaired) electrons. The van der Waals surface area contributed by atoms with Gasteiger partial charge in [-0.15, -0.1) is 0 Å². The molecule has 0 bridgehead atoms. The molecule has 1 saturated heterocycles. The number of amides is 2. The van der Waals surface area contributed by atoms with Crippen LogP contribution in [0.25, 0.3) is 0 Å². The van der Waals surface area contributed by atoms with Crippen molar-refractivity contribution in [2.24, 2.45) is 0 Å². The number of anilines is 1. The lowest BCUT2D eigenvalue weighted by Gasteiger charge is -2.15. The van der Waals surface area contributed by atoms with Crippen LogP contribution in [-0.4, -0.2) is 29.8 Å². The first-order chi connectivity index (χ1) is 9.08. The summed E-state index contributed by atoms with van der Waals surface area (Å²) in [6.07, 6.45) is 1.83. The number of nitrogens with one attached hydrogen (secondary N) is 1. The van der Waals surface area contributed by atoms with Crippen LogP contribution in [0.2, 0.25) is 10.0 Å². The summed E-state index contributed by atoms with van der Waals surface area (Å²) in [6.45, 7) is 1.47. The fourth-order valence-electron chi connectivity index (χ4n) is 2.02. The van der Waals surface area contributed by atoms with Crippen molar-refractivity contribution in [3.63, 3.8) is 0 Å². The first-order valence-electron chi connectivity index (χ1n) is 6.09. The Bertz CT molecular complexity index is 479. The molecule has 102 valence electrons.